The van der Waals surface area contributed by atoms with E-state index < -0.39 is 0 Å². The van der Waals surface area contributed by atoms with Gasteiger partial charge in [0.2, 0.25) is 0 Å². The van der Waals surface area contributed by atoms with Gasteiger partial charge in [-0.05, 0) is 97.3 Å². The minimum atomic E-state index is -0.253. The summed E-state index contributed by atoms with van der Waals surface area (Å²) in [6.45, 7) is 3.83. The number of benzene rings is 4. The molecular formula is C32H26N2O4S2. The van der Waals surface area contributed by atoms with E-state index in [1.807, 2.05) is 98.8 Å². The van der Waals surface area contributed by atoms with Crippen molar-refractivity contribution in [3.8, 4) is 17.2 Å². The van der Waals surface area contributed by atoms with Gasteiger partial charge in [-0.25, -0.2) is 0 Å². The molecule has 1 saturated heterocycles. The van der Waals surface area contributed by atoms with E-state index in [2.05, 4.69) is 5.32 Å². The van der Waals surface area contributed by atoms with Crippen molar-refractivity contribution in [1.29, 1.82) is 0 Å². The molecule has 40 heavy (non-hydrogen) atoms. The molecule has 0 unspecified atom stereocenters. The number of ether oxygens (including phenoxy) is 2. The Hall–Kier alpha value is -4.40. The minimum absolute atomic E-state index is 0.136. The first-order chi connectivity index (χ1) is 19.3. The number of anilines is 2. The van der Waals surface area contributed by atoms with Crippen molar-refractivity contribution in [3.63, 3.8) is 0 Å². The second kappa shape index (κ2) is 12.2. The second-order valence-electron chi connectivity index (χ2n) is 9.21. The third-order valence-electron chi connectivity index (χ3n) is 5.90. The number of carbonyl (C=O) groups is 2. The Morgan fingerprint density at radius 2 is 1.55 bits per heavy atom. The van der Waals surface area contributed by atoms with Crippen LogP contribution in [0.5, 0.6) is 17.2 Å². The highest BCUT2D eigenvalue weighted by Gasteiger charge is 2.33. The molecule has 8 heteroatoms. The Labute approximate surface area is 242 Å². The molecule has 0 aliphatic carbocycles. The van der Waals surface area contributed by atoms with E-state index in [0.29, 0.717) is 26.4 Å². The first-order valence-electron chi connectivity index (χ1n) is 12.6. The van der Waals surface area contributed by atoms with Crippen molar-refractivity contribution >= 4 is 57.6 Å². The number of hydrogen-bond acceptors (Lipinski definition) is 6. The molecule has 4 aromatic rings. The highest BCUT2D eigenvalue weighted by molar-refractivity contribution is 8.27. The van der Waals surface area contributed by atoms with E-state index in [-0.39, 0.29) is 18.4 Å². The number of nitrogens with one attached hydrogen (secondary N) is 1. The highest BCUT2D eigenvalue weighted by Crippen LogP contribution is 2.37. The second-order valence-corrected chi connectivity index (χ2v) is 10.9. The van der Waals surface area contributed by atoms with Gasteiger partial charge < -0.3 is 14.8 Å². The van der Waals surface area contributed by atoms with Crippen LogP contribution < -0.4 is 19.7 Å². The van der Waals surface area contributed by atoms with Gasteiger partial charge in [0, 0.05) is 5.69 Å². The third-order valence-corrected chi connectivity index (χ3v) is 7.20. The van der Waals surface area contributed by atoms with Crippen molar-refractivity contribution in [2.75, 3.05) is 16.8 Å². The maximum atomic E-state index is 13.3. The van der Waals surface area contributed by atoms with Gasteiger partial charge in [-0.2, -0.15) is 0 Å². The number of amides is 2. The lowest BCUT2D eigenvalue weighted by molar-refractivity contribution is -0.118. The average Bonchev–Trinajstić information content (AvgIpc) is 3.20. The summed E-state index contributed by atoms with van der Waals surface area (Å²) in [5.41, 5.74) is 4.31. The van der Waals surface area contributed by atoms with Gasteiger partial charge in [0.15, 0.2) is 10.9 Å². The molecule has 200 valence electrons. The number of para-hydroxylation sites is 1. The SMILES string of the molecule is Cc1cc(C)cc(NC(=O)COc2cccc(/C=C3\SC(=S)N(c4ccc(Oc5ccccc5)cc4)C3=O)c2)c1. The molecule has 5 rings (SSSR count). The fourth-order valence-corrected chi connectivity index (χ4v) is 5.52. The van der Waals surface area contributed by atoms with Gasteiger partial charge in [-0.3, -0.25) is 14.5 Å². The number of nitrogens with zero attached hydrogens (tertiary/aromatic N) is 1. The molecule has 0 radical (unpaired) electrons. The zero-order chi connectivity index (χ0) is 28.1. The van der Waals surface area contributed by atoms with Gasteiger partial charge in [0.25, 0.3) is 11.8 Å². The lowest BCUT2D eigenvalue weighted by Crippen LogP contribution is -2.27. The molecule has 1 fully saturated rings. The van der Waals surface area contributed by atoms with E-state index in [4.69, 9.17) is 21.7 Å². The molecule has 0 atom stereocenters. The van der Waals surface area contributed by atoms with Crippen LogP contribution in [0.2, 0.25) is 0 Å². The Morgan fingerprint density at radius 1 is 0.875 bits per heavy atom. The highest BCUT2D eigenvalue weighted by atomic mass is 32.2. The van der Waals surface area contributed by atoms with Crippen molar-refractivity contribution in [1.82, 2.24) is 0 Å². The molecule has 6 nitrogen and oxygen atoms in total. The van der Waals surface area contributed by atoms with E-state index in [9.17, 15) is 9.59 Å². The molecule has 0 aromatic heterocycles. The van der Waals surface area contributed by atoms with Crippen LogP contribution in [-0.2, 0) is 9.59 Å². The normalized spacial score (nSPS) is 13.9. The summed E-state index contributed by atoms with van der Waals surface area (Å²) in [7, 11) is 0. The molecule has 1 N–H and O–H groups in total. The predicted molar refractivity (Wildman–Crippen MR) is 165 cm³/mol. The molecular weight excluding hydrogens is 540 g/mol. The van der Waals surface area contributed by atoms with Gasteiger partial charge in [0.1, 0.15) is 17.2 Å². The van der Waals surface area contributed by atoms with E-state index >= 15 is 0 Å². The number of rotatable bonds is 8. The lowest BCUT2D eigenvalue weighted by atomic mass is 10.1. The predicted octanol–water partition coefficient (Wildman–Crippen LogP) is 7.52. The maximum Gasteiger partial charge on any atom is 0.270 e. The van der Waals surface area contributed by atoms with Crippen molar-refractivity contribution < 1.29 is 19.1 Å². The number of thioether (sulfide) groups is 1. The van der Waals surface area contributed by atoms with E-state index in [1.54, 1.807) is 18.2 Å². The van der Waals surface area contributed by atoms with Crippen LogP contribution >= 0.6 is 24.0 Å². The van der Waals surface area contributed by atoms with Crippen molar-refractivity contribution in [3.05, 3.63) is 119 Å². The fraction of sp³-hybridized carbons (Fsp3) is 0.0938. The summed E-state index contributed by atoms with van der Waals surface area (Å²) < 4.78 is 12.0. The zero-order valence-electron chi connectivity index (χ0n) is 21.9. The summed E-state index contributed by atoms with van der Waals surface area (Å²) in [4.78, 5) is 27.7. The summed E-state index contributed by atoms with van der Waals surface area (Å²) in [5.74, 6) is 1.46. The number of hydrogen-bond donors (Lipinski definition) is 1. The van der Waals surface area contributed by atoms with E-state index in [0.717, 1.165) is 28.1 Å². The number of aryl methyl sites for hydroxylation is 2. The topological polar surface area (TPSA) is 67.9 Å². The average molecular weight is 567 g/mol. The van der Waals surface area contributed by atoms with Crippen LogP contribution in [0.25, 0.3) is 6.08 Å². The third kappa shape index (κ3) is 6.77. The monoisotopic (exact) mass is 566 g/mol. The Kier molecular flexibility index (Phi) is 8.28. The first-order valence-corrected chi connectivity index (χ1v) is 13.8. The minimum Gasteiger partial charge on any atom is -0.484 e. The first kappa shape index (κ1) is 27.2. The zero-order valence-corrected chi connectivity index (χ0v) is 23.6. The Balaban J connectivity index is 1.22. The number of carbonyl (C=O) groups excluding carboxylic acids is 2. The summed E-state index contributed by atoms with van der Waals surface area (Å²) >= 11 is 6.76. The molecule has 0 spiro atoms. The molecule has 0 saturated carbocycles. The molecule has 1 aliphatic rings. The number of thiocarbonyl (C=S) groups is 1. The van der Waals surface area contributed by atoms with Crippen molar-refractivity contribution in [2.45, 2.75) is 13.8 Å². The standard InChI is InChI=1S/C32H26N2O4S2/c1-21-15-22(2)17-24(16-21)33-30(35)20-37-28-10-6-7-23(18-28)19-29-31(36)34(32(39)40-29)25-11-13-27(14-12-25)38-26-8-4-3-5-9-26/h3-19H,20H2,1-2H3,(H,33,35)/b29-19-. The van der Waals surface area contributed by atoms with Gasteiger partial charge in [-0.15, -0.1) is 0 Å². The summed E-state index contributed by atoms with van der Waals surface area (Å²) in [6.07, 6.45) is 1.77. The quantitative estimate of drug-likeness (QED) is 0.176. The smallest absolute Gasteiger partial charge is 0.270 e. The van der Waals surface area contributed by atoms with Crippen LogP contribution in [0.3, 0.4) is 0 Å². The molecule has 1 aliphatic heterocycles. The molecule has 1 heterocycles. The van der Waals surface area contributed by atoms with Crippen LogP contribution in [-0.4, -0.2) is 22.7 Å². The maximum absolute atomic E-state index is 13.3. The Morgan fingerprint density at radius 3 is 2.27 bits per heavy atom. The Bertz CT molecular complexity index is 1580. The van der Waals surface area contributed by atoms with Crippen LogP contribution in [0, 0.1) is 13.8 Å². The lowest BCUT2D eigenvalue weighted by Gasteiger charge is -2.15. The van der Waals surface area contributed by atoms with Crippen LogP contribution in [0.15, 0.2) is 102 Å². The summed E-state index contributed by atoms with van der Waals surface area (Å²) in [5, 5.41) is 2.86. The van der Waals surface area contributed by atoms with Crippen LogP contribution in [0.4, 0.5) is 11.4 Å². The van der Waals surface area contributed by atoms with Crippen LogP contribution in [0.1, 0.15) is 16.7 Å². The van der Waals surface area contributed by atoms with E-state index in [1.165, 1.54) is 16.7 Å². The molecule has 4 aromatic carbocycles. The van der Waals surface area contributed by atoms with Gasteiger partial charge in [-0.1, -0.05) is 60.4 Å². The molecule has 0 bridgehead atoms. The van der Waals surface area contributed by atoms with Gasteiger partial charge in [0.05, 0.1) is 10.6 Å². The fourth-order valence-electron chi connectivity index (χ4n) is 4.22. The van der Waals surface area contributed by atoms with Crippen molar-refractivity contribution in [2.24, 2.45) is 0 Å². The van der Waals surface area contributed by atoms with Gasteiger partial charge >= 0.3 is 0 Å². The molecule has 2 amide bonds. The summed E-state index contributed by atoms with van der Waals surface area (Å²) in [6, 6.07) is 29.8. The largest absolute Gasteiger partial charge is 0.484 e.